The van der Waals surface area contributed by atoms with Gasteiger partial charge in [0.25, 0.3) is 0 Å². The smallest absolute Gasteiger partial charge is 0.243 e. The molecule has 0 radical (unpaired) electrons. The minimum absolute atomic E-state index is 0.156. The predicted molar refractivity (Wildman–Crippen MR) is 147 cm³/mol. The first-order chi connectivity index (χ1) is 17.9. The highest BCUT2D eigenvalue weighted by Crippen LogP contribution is 2.25. The molecule has 0 aliphatic carbocycles. The van der Waals surface area contributed by atoms with E-state index in [4.69, 9.17) is 32.7 Å². The van der Waals surface area contributed by atoms with E-state index < -0.39 is 6.04 Å². The lowest BCUT2D eigenvalue weighted by Crippen LogP contribution is -2.50. The minimum atomic E-state index is -0.705. The molecule has 3 aromatic carbocycles. The molecule has 0 heterocycles. The molecule has 0 saturated carbocycles. The number of carbonyl (C=O) groups excluding carboxylic acids is 2. The maximum absolute atomic E-state index is 13.6. The molecule has 6 nitrogen and oxygen atoms in total. The van der Waals surface area contributed by atoms with Crippen LogP contribution >= 0.6 is 23.2 Å². The Morgan fingerprint density at radius 2 is 1.68 bits per heavy atom. The summed E-state index contributed by atoms with van der Waals surface area (Å²) in [6, 6.07) is 21.4. The molecule has 0 bridgehead atoms. The van der Waals surface area contributed by atoms with Crippen molar-refractivity contribution in [1.82, 2.24) is 10.2 Å². The Bertz CT molecular complexity index is 1160. The van der Waals surface area contributed by atoms with Crippen LogP contribution in [0.4, 0.5) is 0 Å². The van der Waals surface area contributed by atoms with Crippen molar-refractivity contribution >= 4 is 35.0 Å². The number of methoxy groups -OCH3 is 1. The molecule has 1 atom stereocenters. The molecule has 0 aliphatic heterocycles. The molecule has 0 fully saturated rings. The van der Waals surface area contributed by atoms with Crippen LogP contribution < -0.4 is 14.8 Å². The highest BCUT2D eigenvalue weighted by Gasteiger charge is 2.30. The molecular formula is C29H32Cl2N2O4. The average Bonchev–Trinajstić information content (AvgIpc) is 2.90. The first-order valence-electron chi connectivity index (χ1n) is 12.2. The summed E-state index contributed by atoms with van der Waals surface area (Å²) in [7, 11) is 1.61. The van der Waals surface area contributed by atoms with E-state index in [-0.39, 0.29) is 24.8 Å². The highest BCUT2D eigenvalue weighted by molar-refractivity contribution is 6.35. The summed E-state index contributed by atoms with van der Waals surface area (Å²) < 4.78 is 10.9. The van der Waals surface area contributed by atoms with E-state index in [9.17, 15) is 9.59 Å². The quantitative estimate of drug-likeness (QED) is 0.271. The fourth-order valence-electron chi connectivity index (χ4n) is 3.91. The van der Waals surface area contributed by atoms with Gasteiger partial charge in [0.05, 0.1) is 13.7 Å². The van der Waals surface area contributed by atoms with E-state index in [1.54, 1.807) is 30.2 Å². The van der Waals surface area contributed by atoms with E-state index in [1.807, 2.05) is 61.5 Å². The second kappa shape index (κ2) is 14.5. The molecule has 2 amide bonds. The molecule has 3 aromatic rings. The van der Waals surface area contributed by atoms with Gasteiger partial charge in [-0.25, -0.2) is 0 Å². The first kappa shape index (κ1) is 28.4. The van der Waals surface area contributed by atoms with Gasteiger partial charge in [0.15, 0.2) is 0 Å². The van der Waals surface area contributed by atoms with Gasteiger partial charge in [0.2, 0.25) is 11.8 Å². The third-order valence-corrected chi connectivity index (χ3v) is 6.43. The summed E-state index contributed by atoms with van der Waals surface area (Å²) in [6.07, 6.45) is 1.08. The Kier molecular flexibility index (Phi) is 11.1. The third kappa shape index (κ3) is 8.69. The van der Waals surface area contributed by atoms with Crippen LogP contribution in [-0.4, -0.2) is 43.0 Å². The monoisotopic (exact) mass is 542 g/mol. The van der Waals surface area contributed by atoms with E-state index in [1.165, 1.54) is 0 Å². The van der Waals surface area contributed by atoms with E-state index in [0.717, 1.165) is 16.9 Å². The molecule has 0 aromatic heterocycles. The molecule has 0 spiro atoms. The van der Waals surface area contributed by atoms with Crippen LogP contribution in [0.2, 0.25) is 10.0 Å². The van der Waals surface area contributed by atoms with Gasteiger partial charge in [-0.1, -0.05) is 59.6 Å². The number of nitrogens with one attached hydrogen (secondary N) is 1. The van der Waals surface area contributed by atoms with Crippen molar-refractivity contribution in [1.29, 1.82) is 0 Å². The predicted octanol–water partition coefficient (Wildman–Crippen LogP) is 5.94. The van der Waals surface area contributed by atoms with Crippen molar-refractivity contribution in [3.05, 3.63) is 94.0 Å². The maximum atomic E-state index is 13.6. The van der Waals surface area contributed by atoms with Crippen molar-refractivity contribution < 1.29 is 19.1 Å². The maximum Gasteiger partial charge on any atom is 0.243 e. The zero-order chi connectivity index (χ0) is 26.6. The Morgan fingerprint density at radius 3 is 2.32 bits per heavy atom. The Labute approximate surface area is 228 Å². The summed E-state index contributed by atoms with van der Waals surface area (Å²) in [5, 5.41) is 3.84. The van der Waals surface area contributed by atoms with Crippen molar-refractivity contribution in [3.8, 4) is 11.5 Å². The van der Waals surface area contributed by atoms with Gasteiger partial charge in [-0.15, -0.1) is 0 Å². The fourth-order valence-corrected chi connectivity index (χ4v) is 4.38. The van der Waals surface area contributed by atoms with E-state index >= 15 is 0 Å². The zero-order valence-corrected chi connectivity index (χ0v) is 22.6. The summed E-state index contributed by atoms with van der Waals surface area (Å²) in [5.74, 6) is 1.08. The van der Waals surface area contributed by atoms with Gasteiger partial charge >= 0.3 is 0 Å². The molecular weight excluding hydrogens is 511 g/mol. The lowest BCUT2D eigenvalue weighted by molar-refractivity contribution is -0.141. The highest BCUT2D eigenvalue weighted by atomic mass is 35.5. The van der Waals surface area contributed by atoms with Crippen LogP contribution in [0, 0.1) is 0 Å². The Morgan fingerprint density at radius 1 is 0.973 bits per heavy atom. The van der Waals surface area contributed by atoms with Crippen LogP contribution in [0.15, 0.2) is 72.8 Å². The van der Waals surface area contributed by atoms with Gasteiger partial charge in [-0.2, -0.15) is 0 Å². The molecule has 0 unspecified atom stereocenters. The molecule has 37 heavy (non-hydrogen) atoms. The summed E-state index contributed by atoms with van der Waals surface area (Å²) in [6.45, 7) is 2.86. The van der Waals surface area contributed by atoms with Crippen molar-refractivity contribution in [2.45, 2.75) is 38.8 Å². The molecule has 0 aliphatic rings. The number of carbonyl (C=O) groups is 2. The number of benzene rings is 3. The number of hydrogen-bond donors (Lipinski definition) is 1. The van der Waals surface area contributed by atoms with Gasteiger partial charge in [-0.3, -0.25) is 9.59 Å². The topological polar surface area (TPSA) is 67.9 Å². The summed E-state index contributed by atoms with van der Waals surface area (Å²) in [4.78, 5) is 28.4. The number of nitrogens with zero attached hydrogens (tertiary/aromatic N) is 1. The van der Waals surface area contributed by atoms with Gasteiger partial charge in [0.1, 0.15) is 17.5 Å². The molecule has 1 N–H and O–H groups in total. The number of amides is 2. The van der Waals surface area contributed by atoms with Crippen LogP contribution in [0.1, 0.15) is 30.9 Å². The van der Waals surface area contributed by atoms with Gasteiger partial charge in [0, 0.05) is 36.0 Å². The fraction of sp³-hybridized carbons (Fsp3) is 0.310. The summed E-state index contributed by atoms with van der Waals surface area (Å²) in [5.41, 5.74) is 1.68. The third-order valence-electron chi connectivity index (χ3n) is 5.84. The number of rotatable bonds is 13. The normalized spacial score (nSPS) is 11.5. The van der Waals surface area contributed by atoms with E-state index in [0.29, 0.717) is 41.8 Å². The zero-order valence-electron chi connectivity index (χ0n) is 21.1. The second-order valence-corrected chi connectivity index (χ2v) is 9.33. The van der Waals surface area contributed by atoms with Crippen molar-refractivity contribution in [2.24, 2.45) is 0 Å². The number of halogens is 2. The van der Waals surface area contributed by atoms with Crippen LogP contribution in [0.5, 0.6) is 11.5 Å². The molecule has 3 rings (SSSR count). The molecule has 0 saturated heterocycles. The number of hydrogen-bond acceptors (Lipinski definition) is 4. The van der Waals surface area contributed by atoms with Crippen LogP contribution in [0.3, 0.4) is 0 Å². The SMILES string of the molecule is CCNC(=O)[C@@H](Cc1ccccc1)N(Cc1ccc(Cl)cc1Cl)C(=O)CCCOc1ccc(OC)cc1. The minimum Gasteiger partial charge on any atom is -0.497 e. The molecule has 196 valence electrons. The first-order valence-corrected chi connectivity index (χ1v) is 13.0. The number of likely N-dealkylation sites (N-methyl/N-ethyl adjacent to an activating group) is 1. The Hall–Kier alpha value is -3.22. The van der Waals surface area contributed by atoms with Gasteiger partial charge < -0.3 is 19.7 Å². The lowest BCUT2D eigenvalue weighted by Gasteiger charge is -2.32. The largest absolute Gasteiger partial charge is 0.497 e. The van der Waals surface area contributed by atoms with Gasteiger partial charge in [-0.05, 0) is 60.9 Å². The molecule has 8 heteroatoms. The Balaban J connectivity index is 1.77. The van der Waals surface area contributed by atoms with Crippen molar-refractivity contribution in [3.63, 3.8) is 0 Å². The van der Waals surface area contributed by atoms with Crippen LogP contribution in [0.25, 0.3) is 0 Å². The second-order valence-electron chi connectivity index (χ2n) is 8.49. The van der Waals surface area contributed by atoms with Crippen molar-refractivity contribution in [2.75, 3.05) is 20.3 Å². The standard InChI is InChI=1S/C29H32Cl2N2O4/c1-3-32-29(35)27(18-21-8-5-4-6-9-21)33(20-22-11-12-23(30)19-26(22)31)28(34)10-7-17-37-25-15-13-24(36-2)14-16-25/h4-6,8-9,11-16,19,27H,3,7,10,17-18,20H2,1-2H3,(H,32,35)/t27-/m1/s1. The summed E-state index contributed by atoms with van der Waals surface area (Å²) >= 11 is 12.5. The van der Waals surface area contributed by atoms with E-state index in [2.05, 4.69) is 5.32 Å². The lowest BCUT2D eigenvalue weighted by atomic mass is 10.0. The number of ether oxygens (including phenoxy) is 2. The average molecular weight is 543 g/mol. The van der Waals surface area contributed by atoms with Crippen LogP contribution in [-0.2, 0) is 22.6 Å².